The van der Waals surface area contributed by atoms with Crippen LogP contribution >= 0.6 is 0 Å². The average Bonchev–Trinajstić information content (AvgIpc) is 3.11. The molecule has 4 aromatic carbocycles. The highest BCUT2D eigenvalue weighted by Crippen LogP contribution is 2.32. The Labute approximate surface area is 283 Å². The quantitative estimate of drug-likeness (QED) is 0.171. The highest BCUT2D eigenvalue weighted by atomic mass is 32.2. The molecule has 2 amide bonds. The Morgan fingerprint density at radius 1 is 0.750 bits per heavy atom. The molecule has 0 aliphatic heterocycles. The molecule has 10 nitrogen and oxygen atoms in total. The van der Waals surface area contributed by atoms with E-state index in [0.29, 0.717) is 23.6 Å². The van der Waals surface area contributed by atoms with Gasteiger partial charge in [-0.25, -0.2) is 8.42 Å². The van der Waals surface area contributed by atoms with Crippen LogP contribution in [0.25, 0.3) is 0 Å². The summed E-state index contributed by atoms with van der Waals surface area (Å²) in [6.07, 6.45) is 0.217. The molecule has 0 aromatic heterocycles. The summed E-state index contributed by atoms with van der Waals surface area (Å²) in [5, 5.41) is 3.00. The zero-order valence-electron chi connectivity index (χ0n) is 28.0. The normalized spacial score (nSPS) is 11.8. The molecule has 1 N–H and O–H groups in total. The van der Waals surface area contributed by atoms with E-state index in [1.54, 1.807) is 55.6 Å². The van der Waals surface area contributed by atoms with E-state index in [0.717, 1.165) is 9.87 Å². The number of methoxy groups -OCH3 is 3. The maximum Gasteiger partial charge on any atom is 0.264 e. The number of anilines is 1. The summed E-state index contributed by atoms with van der Waals surface area (Å²) in [4.78, 5) is 29.9. The van der Waals surface area contributed by atoms with Gasteiger partial charge in [-0.3, -0.25) is 13.9 Å². The second-order valence-electron chi connectivity index (χ2n) is 11.6. The molecule has 0 radical (unpaired) electrons. The average molecular weight is 674 g/mol. The third-order valence-corrected chi connectivity index (χ3v) is 9.48. The molecule has 4 aromatic rings. The van der Waals surface area contributed by atoms with Crippen molar-refractivity contribution in [3.8, 4) is 17.2 Å². The summed E-state index contributed by atoms with van der Waals surface area (Å²) >= 11 is 0. The van der Waals surface area contributed by atoms with Crippen LogP contribution in [0.5, 0.6) is 17.2 Å². The van der Waals surface area contributed by atoms with Gasteiger partial charge in [-0.05, 0) is 53.4 Å². The standard InChI is InChI=1S/C37H43N3O7S/c1-27(2)24-38-37(42)33(22-28-13-8-6-9-14-28)39(25-29-15-12-18-31(21-29)45-3)36(41)26-40(30-16-10-7-11-17-30)48(43,44)32-19-20-34(46-4)35(23-32)47-5/h6-21,23,27,33H,22,24-26H2,1-5H3,(H,38,42)/t33-/m1/s1. The van der Waals surface area contributed by atoms with Gasteiger partial charge in [0, 0.05) is 25.6 Å². The number of rotatable bonds is 16. The molecule has 0 bridgehead atoms. The summed E-state index contributed by atoms with van der Waals surface area (Å²) in [6, 6.07) is 28.4. The van der Waals surface area contributed by atoms with E-state index in [2.05, 4.69) is 5.32 Å². The van der Waals surface area contributed by atoms with Gasteiger partial charge in [0.15, 0.2) is 11.5 Å². The molecule has 0 heterocycles. The summed E-state index contributed by atoms with van der Waals surface area (Å²) in [5.74, 6) is 0.450. The van der Waals surface area contributed by atoms with Crippen molar-refractivity contribution < 1.29 is 32.2 Å². The van der Waals surface area contributed by atoms with E-state index in [1.807, 2.05) is 50.2 Å². The zero-order chi connectivity index (χ0) is 34.7. The first-order valence-electron chi connectivity index (χ1n) is 15.6. The first-order valence-corrected chi connectivity index (χ1v) is 17.0. The van der Waals surface area contributed by atoms with Crippen molar-refractivity contribution in [3.05, 3.63) is 114 Å². The van der Waals surface area contributed by atoms with Crippen LogP contribution in [0.2, 0.25) is 0 Å². The predicted octanol–water partition coefficient (Wildman–Crippen LogP) is 5.32. The van der Waals surface area contributed by atoms with E-state index in [-0.39, 0.29) is 41.1 Å². The molecule has 254 valence electrons. The second-order valence-corrected chi connectivity index (χ2v) is 13.4. The molecular weight excluding hydrogens is 630 g/mol. The third-order valence-electron chi connectivity index (χ3n) is 7.71. The molecule has 0 saturated carbocycles. The van der Waals surface area contributed by atoms with Crippen molar-refractivity contribution in [1.82, 2.24) is 10.2 Å². The molecule has 1 atom stereocenters. The fourth-order valence-electron chi connectivity index (χ4n) is 5.17. The van der Waals surface area contributed by atoms with Gasteiger partial charge in [-0.2, -0.15) is 0 Å². The number of nitrogens with one attached hydrogen (secondary N) is 1. The lowest BCUT2D eigenvalue weighted by Crippen LogP contribution is -2.53. The van der Waals surface area contributed by atoms with E-state index in [9.17, 15) is 18.0 Å². The first-order chi connectivity index (χ1) is 23.1. The lowest BCUT2D eigenvalue weighted by molar-refractivity contribution is -0.140. The van der Waals surface area contributed by atoms with Crippen molar-refractivity contribution in [1.29, 1.82) is 0 Å². The Balaban J connectivity index is 1.81. The van der Waals surface area contributed by atoms with E-state index in [1.165, 1.54) is 37.3 Å². The van der Waals surface area contributed by atoms with Gasteiger partial charge in [-0.15, -0.1) is 0 Å². The molecular formula is C37H43N3O7S. The van der Waals surface area contributed by atoms with Crippen molar-refractivity contribution in [2.45, 2.75) is 37.8 Å². The van der Waals surface area contributed by atoms with Crippen molar-refractivity contribution in [3.63, 3.8) is 0 Å². The third kappa shape index (κ3) is 9.07. The van der Waals surface area contributed by atoms with Crippen LogP contribution in [-0.2, 0) is 32.6 Å². The number of hydrogen-bond acceptors (Lipinski definition) is 7. The van der Waals surface area contributed by atoms with Crippen molar-refractivity contribution in [2.75, 3.05) is 38.7 Å². The highest BCUT2D eigenvalue weighted by molar-refractivity contribution is 7.92. The molecule has 0 aliphatic rings. The number of para-hydroxylation sites is 1. The van der Waals surface area contributed by atoms with Crippen molar-refractivity contribution >= 4 is 27.5 Å². The lowest BCUT2D eigenvalue weighted by atomic mass is 10.0. The minimum atomic E-state index is -4.32. The van der Waals surface area contributed by atoms with Gasteiger partial charge in [0.25, 0.3) is 10.0 Å². The Kier molecular flexibility index (Phi) is 12.5. The topological polar surface area (TPSA) is 114 Å². The van der Waals surface area contributed by atoms with Crippen LogP contribution in [0, 0.1) is 5.92 Å². The van der Waals surface area contributed by atoms with Crippen molar-refractivity contribution in [2.24, 2.45) is 5.92 Å². The summed E-state index contributed by atoms with van der Waals surface area (Å²) < 4.78 is 45.8. The van der Waals surface area contributed by atoms with Crippen LogP contribution in [0.1, 0.15) is 25.0 Å². The largest absolute Gasteiger partial charge is 0.497 e. The Morgan fingerprint density at radius 2 is 1.40 bits per heavy atom. The Morgan fingerprint density at radius 3 is 2.02 bits per heavy atom. The minimum absolute atomic E-state index is 0.0294. The SMILES string of the molecule is COc1cccc(CN(C(=O)CN(c2ccccc2)S(=O)(=O)c2ccc(OC)c(OC)c2)[C@H](Cc2ccccc2)C(=O)NCC(C)C)c1. The second kappa shape index (κ2) is 16.7. The van der Waals surface area contributed by atoms with E-state index >= 15 is 0 Å². The highest BCUT2D eigenvalue weighted by Gasteiger charge is 2.35. The number of hydrogen-bond donors (Lipinski definition) is 1. The summed E-state index contributed by atoms with van der Waals surface area (Å²) in [5.41, 5.74) is 1.85. The van der Waals surface area contributed by atoms with Crippen LogP contribution in [0.3, 0.4) is 0 Å². The smallest absolute Gasteiger partial charge is 0.264 e. The lowest BCUT2D eigenvalue weighted by Gasteiger charge is -2.34. The molecule has 0 fully saturated rings. The molecule has 0 aliphatic carbocycles. The Hall–Kier alpha value is -5.03. The Bertz CT molecular complexity index is 1770. The number of benzene rings is 4. The maximum atomic E-state index is 14.6. The predicted molar refractivity (Wildman–Crippen MR) is 186 cm³/mol. The molecule has 11 heteroatoms. The number of amides is 2. The molecule has 0 spiro atoms. The fourth-order valence-corrected chi connectivity index (χ4v) is 6.60. The fraction of sp³-hybridized carbons (Fsp3) is 0.297. The number of carbonyl (C=O) groups is 2. The minimum Gasteiger partial charge on any atom is -0.497 e. The van der Waals surface area contributed by atoms with Crippen LogP contribution in [-0.4, -0.2) is 65.6 Å². The summed E-state index contributed by atoms with van der Waals surface area (Å²) in [7, 11) is 0.108. The van der Waals surface area contributed by atoms with Gasteiger partial charge in [0.1, 0.15) is 18.3 Å². The van der Waals surface area contributed by atoms with Gasteiger partial charge < -0.3 is 24.4 Å². The first kappa shape index (κ1) is 35.8. The monoisotopic (exact) mass is 673 g/mol. The van der Waals surface area contributed by atoms with Gasteiger partial charge in [0.2, 0.25) is 11.8 Å². The number of nitrogens with zero attached hydrogens (tertiary/aromatic N) is 2. The number of carbonyl (C=O) groups excluding carboxylic acids is 2. The molecule has 48 heavy (non-hydrogen) atoms. The maximum absolute atomic E-state index is 14.6. The van der Waals surface area contributed by atoms with Crippen LogP contribution in [0.15, 0.2) is 108 Å². The van der Waals surface area contributed by atoms with Crippen LogP contribution < -0.4 is 23.8 Å². The van der Waals surface area contributed by atoms with Gasteiger partial charge in [-0.1, -0.05) is 74.5 Å². The summed E-state index contributed by atoms with van der Waals surface area (Å²) in [6.45, 7) is 3.84. The molecule has 0 saturated heterocycles. The molecule has 4 rings (SSSR count). The molecule has 0 unspecified atom stereocenters. The van der Waals surface area contributed by atoms with Gasteiger partial charge in [0.05, 0.1) is 31.9 Å². The van der Waals surface area contributed by atoms with Gasteiger partial charge >= 0.3 is 0 Å². The number of sulfonamides is 1. The zero-order valence-corrected chi connectivity index (χ0v) is 28.8. The van der Waals surface area contributed by atoms with E-state index in [4.69, 9.17) is 14.2 Å². The van der Waals surface area contributed by atoms with E-state index < -0.39 is 28.5 Å². The van der Waals surface area contributed by atoms with Crippen LogP contribution in [0.4, 0.5) is 5.69 Å². The number of ether oxygens (including phenoxy) is 3.